The van der Waals surface area contributed by atoms with Gasteiger partial charge in [-0.05, 0) is 24.4 Å². The molecule has 0 saturated carbocycles. The molecule has 0 atom stereocenters. The van der Waals surface area contributed by atoms with Crippen LogP contribution in [0.2, 0.25) is 0 Å². The van der Waals surface area contributed by atoms with E-state index in [0.717, 1.165) is 6.54 Å². The molecule has 1 aromatic heterocycles. The highest BCUT2D eigenvalue weighted by Crippen LogP contribution is 2.32. The van der Waals surface area contributed by atoms with Gasteiger partial charge in [-0.2, -0.15) is 0 Å². The van der Waals surface area contributed by atoms with Gasteiger partial charge in [-0.1, -0.05) is 36.4 Å². The fourth-order valence-corrected chi connectivity index (χ4v) is 2.56. The molecule has 0 spiro atoms. The second-order valence-corrected chi connectivity index (χ2v) is 5.46. The van der Waals surface area contributed by atoms with Crippen molar-refractivity contribution in [3.8, 4) is 0 Å². The van der Waals surface area contributed by atoms with Crippen molar-refractivity contribution in [2.24, 2.45) is 0 Å². The Balaban J connectivity index is 1.70. The summed E-state index contributed by atoms with van der Waals surface area (Å²) in [6.45, 7) is 1.37. The molecule has 1 nitrogen and oxygen atoms in total. The summed E-state index contributed by atoms with van der Waals surface area (Å²) in [4.78, 5) is 1.23. The zero-order chi connectivity index (χ0) is 13.6. The van der Waals surface area contributed by atoms with Crippen LogP contribution in [-0.2, 0) is 12.5 Å². The maximum atomic E-state index is 13.8. The van der Waals surface area contributed by atoms with Gasteiger partial charge in [-0.3, -0.25) is 0 Å². The van der Waals surface area contributed by atoms with E-state index in [9.17, 15) is 8.78 Å². The van der Waals surface area contributed by atoms with Crippen molar-refractivity contribution in [1.82, 2.24) is 5.32 Å². The molecule has 0 radical (unpaired) electrons. The lowest BCUT2D eigenvalue weighted by molar-refractivity contribution is -0.0151. The first-order valence-electron chi connectivity index (χ1n) is 6.35. The molecule has 0 unspecified atom stereocenters. The summed E-state index contributed by atoms with van der Waals surface area (Å²) in [5, 5.41) is 5.20. The third-order valence-electron chi connectivity index (χ3n) is 2.92. The monoisotopic (exact) mass is 281 g/mol. The fraction of sp³-hybridized carbons (Fsp3) is 0.333. The minimum absolute atomic E-state index is 0.105. The van der Waals surface area contributed by atoms with Gasteiger partial charge in [0, 0.05) is 23.4 Å². The van der Waals surface area contributed by atoms with Crippen LogP contribution >= 0.6 is 11.3 Å². The molecule has 0 aliphatic heterocycles. The molecular weight excluding hydrogens is 264 g/mol. The van der Waals surface area contributed by atoms with Crippen LogP contribution in [0.15, 0.2) is 47.8 Å². The van der Waals surface area contributed by atoms with Crippen LogP contribution in [0.1, 0.15) is 23.3 Å². The first-order chi connectivity index (χ1) is 9.18. The lowest BCUT2D eigenvalue weighted by Crippen LogP contribution is -2.19. The zero-order valence-electron chi connectivity index (χ0n) is 10.6. The van der Waals surface area contributed by atoms with E-state index in [1.807, 2.05) is 17.5 Å². The van der Waals surface area contributed by atoms with Gasteiger partial charge >= 0.3 is 0 Å². The van der Waals surface area contributed by atoms with Crippen LogP contribution in [0.5, 0.6) is 0 Å². The van der Waals surface area contributed by atoms with Gasteiger partial charge in [0.05, 0.1) is 0 Å². The standard InChI is InChI=1S/C15H17F2NS/c16-15(17,13-6-2-1-3-7-13)9-5-10-18-12-14-8-4-11-19-14/h1-4,6-8,11,18H,5,9-10,12H2. The van der Waals surface area contributed by atoms with Crippen LogP contribution in [0.4, 0.5) is 8.78 Å². The van der Waals surface area contributed by atoms with Crippen molar-refractivity contribution in [1.29, 1.82) is 0 Å². The van der Waals surface area contributed by atoms with Crippen LogP contribution < -0.4 is 5.32 Å². The lowest BCUT2D eigenvalue weighted by Gasteiger charge is -2.16. The molecule has 102 valence electrons. The summed E-state index contributed by atoms with van der Waals surface area (Å²) >= 11 is 1.67. The summed E-state index contributed by atoms with van der Waals surface area (Å²) in [5.74, 6) is -2.73. The summed E-state index contributed by atoms with van der Waals surface area (Å²) in [5.41, 5.74) is 0.105. The maximum absolute atomic E-state index is 13.8. The van der Waals surface area contributed by atoms with Gasteiger partial charge < -0.3 is 5.32 Å². The molecule has 0 aliphatic carbocycles. The Morgan fingerprint density at radius 2 is 1.84 bits per heavy atom. The molecule has 1 N–H and O–H groups in total. The number of halogens is 2. The molecule has 2 aromatic rings. The molecule has 0 bridgehead atoms. The fourth-order valence-electron chi connectivity index (χ4n) is 1.89. The molecule has 2 rings (SSSR count). The van der Waals surface area contributed by atoms with Crippen molar-refractivity contribution < 1.29 is 8.78 Å². The Hall–Kier alpha value is -1.26. The van der Waals surface area contributed by atoms with E-state index in [1.54, 1.807) is 29.5 Å². The highest BCUT2D eigenvalue weighted by atomic mass is 32.1. The summed E-state index contributed by atoms with van der Waals surface area (Å²) < 4.78 is 27.7. The smallest absolute Gasteiger partial charge is 0.273 e. The SMILES string of the molecule is FC(F)(CCCNCc1cccs1)c1ccccc1. The van der Waals surface area contributed by atoms with E-state index >= 15 is 0 Å². The average Bonchev–Trinajstić information content (AvgIpc) is 2.92. The second kappa shape index (κ2) is 6.78. The van der Waals surface area contributed by atoms with Crippen LogP contribution in [0, 0.1) is 0 Å². The molecular formula is C15H17F2NS. The molecule has 1 heterocycles. The Kier molecular flexibility index (Phi) is 5.05. The Morgan fingerprint density at radius 1 is 1.05 bits per heavy atom. The predicted octanol–water partition coefficient (Wildman–Crippen LogP) is 4.41. The molecule has 0 aliphatic rings. The van der Waals surface area contributed by atoms with E-state index < -0.39 is 5.92 Å². The van der Waals surface area contributed by atoms with Crippen molar-refractivity contribution in [2.45, 2.75) is 25.3 Å². The third kappa shape index (κ3) is 4.40. The van der Waals surface area contributed by atoms with Crippen molar-refractivity contribution in [2.75, 3.05) is 6.54 Å². The molecule has 0 fully saturated rings. The van der Waals surface area contributed by atoms with E-state index in [1.165, 1.54) is 17.0 Å². The van der Waals surface area contributed by atoms with Gasteiger partial charge in [-0.25, -0.2) is 8.78 Å². The number of hydrogen-bond acceptors (Lipinski definition) is 2. The minimum atomic E-state index is -2.73. The van der Waals surface area contributed by atoms with E-state index in [-0.39, 0.29) is 12.0 Å². The van der Waals surface area contributed by atoms with Crippen LogP contribution in [0.3, 0.4) is 0 Å². The topological polar surface area (TPSA) is 12.0 Å². The van der Waals surface area contributed by atoms with Crippen LogP contribution in [-0.4, -0.2) is 6.54 Å². The number of nitrogens with one attached hydrogen (secondary N) is 1. The van der Waals surface area contributed by atoms with Crippen molar-refractivity contribution in [3.05, 3.63) is 58.3 Å². The Labute approximate surface area is 116 Å². The molecule has 19 heavy (non-hydrogen) atoms. The molecule has 1 aromatic carbocycles. The zero-order valence-corrected chi connectivity index (χ0v) is 11.4. The highest BCUT2D eigenvalue weighted by Gasteiger charge is 2.30. The number of alkyl halides is 2. The quantitative estimate of drug-likeness (QED) is 0.741. The Bertz CT molecular complexity index is 468. The van der Waals surface area contributed by atoms with Gasteiger partial charge in [0.15, 0.2) is 0 Å². The van der Waals surface area contributed by atoms with Gasteiger partial charge in [0.25, 0.3) is 5.92 Å². The molecule has 0 saturated heterocycles. The number of benzene rings is 1. The molecule has 0 amide bonds. The average molecular weight is 281 g/mol. The normalized spacial score (nSPS) is 11.7. The van der Waals surface area contributed by atoms with Gasteiger partial charge in [0.1, 0.15) is 0 Å². The van der Waals surface area contributed by atoms with Crippen molar-refractivity contribution in [3.63, 3.8) is 0 Å². The van der Waals surface area contributed by atoms with Crippen LogP contribution in [0.25, 0.3) is 0 Å². The minimum Gasteiger partial charge on any atom is -0.312 e. The van der Waals surface area contributed by atoms with Crippen molar-refractivity contribution >= 4 is 11.3 Å². The molecule has 4 heteroatoms. The summed E-state index contributed by atoms with van der Waals surface area (Å²) in [7, 11) is 0. The first kappa shape index (κ1) is 14.2. The van der Waals surface area contributed by atoms with E-state index in [0.29, 0.717) is 13.0 Å². The summed E-state index contributed by atoms with van der Waals surface area (Å²) in [6, 6.07) is 12.1. The largest absolute Gasteiger partial charge is 0.312 e. The predicted molar refractivity (Wildman–Crippen MR) is 75.6 cm³/mol. The number of thiophene rings is 1. The maximum Gasteiger partial charge on any atom is 0.273 e. The summed E-state index contributed by atoms with van der Waals surface area (Å²) in [6.07, 6.45) is 0.349. The first-order valence-corrected chi connectivity index (χ1v) is 7.23. The van der Waals surface area contributed by atoms with E-state index in [2.05, 4.69) is 5.32 Å². The van der Waals surface area contributed by atoms with Gasteiger partial charge in [0.2, 0.25) is 0 Å². The second-order valence-electron chi connectivity index (χ2n) is 4.43. The Morgan fingerprint density at radius 3 is 2.53 bits per heavy atom. The highest BCUT2D eigenvalue weighted by molar-refractivity contribution is 7.09. The van der Waals surface area contributed by atoms with Gasteiger partial charge in [-0.15, -0.1) is 11.3 Å². The lowest BCUT2D eigenvalue weighted by atomic mass is 10.0. The van der Waals surface area contributed by atoms with E-state index in [4.69, 9.17) is 0 Å². The number of hydrogen-bond donors (Lipinski definition) is 1. The number of rotatable bonds is 7. The third-order valence-corrected chi connectivity index (χ3v) is 3.80.